The number of imidazole rings is 1. The van der Waals surface area contributed by atoms with E-state index in [9.17, 15) is 4.79 Å². The van der Waals surface area contributed by atoms with Crippen molar-refractivity contribution >= 4 is 16.9 Å². The molecule has 146 valence electrons. The molecule has 1 fully saturated rings. The molecule has 2 aliphatic heterocycles. The smallest absolute Gasteiger partial charge is 0.237 e. The zero-order valence-corrected chi connectivity index (χ0v) is 16.3. The minimum atomic E-state index is 0.237. The van der Waals surface area contributed by atoms with Gasteiger partial charge < -0.3 is 9.47 Å². The van der Waals surface area contributed by atoms with Crippen LogP contribution in [-0.2, 0) is 24.9 Å². The second-order valence-electron chi connectivity index (χ2n) is 7.88. The van der Waals surface area contributed by atoms with Crippen LogP contribution in [0, 0.1) is 0 Å². The quantitative estimate of drug-likeness (QED) is 0.702. The van der Waals surface area contributed by atoms with Crippen molar-refractivity contribution in [3.05, 3.63) is 36.0 Å². The summed E-state index contributed by atoms with van der Waals surface area (Å²) in [5.41, 5.74) is 4.05. The molecule has 0 radical (unpaired) electrons. The number of amides is 1. The summed E-state index contributed by atoms with van der Waals surface area (Å²) in [5.74, 6) is 1.11. The van der Waals surface area contributed by atoms with Crippen molar-refractivity contribution in [3.63, 3.8) is 0 Å². The Morgan fingerprint density at radius 1 is 1.07 bits per heavy atom. The molecule has 7 heteroatoms. The number of aromatic nitrogens is 4. The highest BCUT2D eigenvalue weighted by molar-refractivity contribution is 5.80. The first-order valence-corrected chi connectivity index (χ1v) is 10.2. The van der Waals surface area contributed by atoms with Crippen molar-refractivity contribution in [1.82, 2.24) is 29.1 Å². The molecule has 0 spiro atoms. The van der Waals surface area contributed by atoms with Gasteiger partial charge in [0.25, 0.3) is 0 Å². The highest BCUT2D eigenvalue weighted by atomic mass is 16.2. The molecule has 0 aliphatic carbocycles. The summed E-state index contributed by atoms with van der Waals surface area (Å²) in [6.45, 7) is 4.92. The topological polar surface area (TPSA) is 59.2 Å². The Labute approximate surface area is 164 Å². The molecule has 1 saturated heterocycles. The molecule has 0 N–H and O–H groups in total. The van der Waals surface area contributed by atoms with E-state index in [1.54, 1.807) is 0 Å². The molecule has 0 atom stereocenters. The molecule has 2 aromatic heterocycles. The first-order chi connectivity index (χ1) is 13.7. The number of hydrogen-bond acceptors (Lipinski definition) is 4. The van der Waals surface area contributed by atoms with E-state index < -0.39 is 0 Å². The van der Waals surface area contributed by atoms with Crippen LogP contribution in [0.5, 0.6) is 0 Å². The molecule has 28 heavy (non-hydrogen) atoms. The third-order valence-electron chi connectivity index (χ3n) is 5.94. The molecule has 5 rings (SSSR count). The molecule has 3 aromatic rings. The second kappa shape index (κ2) is 7.05. The number of para-hydroxylation sites is 2. The SMILES string of the molecule is Cn1c(-c2cc3n(n2)CCCN(C(=O)CN2CCCC2)C3)nc2ccccc21. The van der Waals surface area contributed by atoms with Crippen LogP contribution in [0.2, 0.25) is 0 Å². The Kier molecular flexibility index (Phi) is 4.39. The lowest BCUT2D eigenvalue weighted by Crippen LogP contribution is -2.39. The summed E-state index contributed by atoms with van der Waals surface area (Å²) in [4.78, 5) is 21.8. The van der Waals surface area contributed by atoms with Crippen molar-refractivity contribution in [2.45, 2.75) is 32.4 Å². The van der Waals surface area contributed by atoms with Gasteiger partial charge >= 0.3 is 0 Å². The summed E-state index contributed by atoms with van der Waals surface area (Å²) in [5, 5.41) is 4.82. The fourth-order valence-electron chi connectivity index (χ4n) is 4.39. The average molecular weight is 378 g/mol. The number of aryl methyl sites for hydroxylation is 2. The van der Waals surface area contributed by atoms with Gasteiger partial charge in [0.05, 0.1) is 29.8 Å². The van der Waals surface area contributed by atoms with Gasteiger partial charge in [-0.25, -0.2) is 4.98 Å². The fourth-order valence-corrected chi connectivity index (χ4v) is 4.39. The first-order valence-electron chi connectivity index (χ1n) is 10.2. The van der Waals surface area contributed by atoms with E-state index in [0.29, 0.717) is 13.1 Å². The number of benzene rings is 1. The van der Waals surface area contributed by atoms with Crippen LogP contribution in [-0.4, -0.2) is 61.2 Å². The lowest BCUT2D eigenvalue weighted by molar-refractivity contribution is -0.132. The Morgan fingerprint density at radius 3 is 2.71 bits per heavy atom. The maximum absolute atomic E-state index is 12.8. The average Bonchev–Trinajstić information content (AvgIpc) is 3.39. The molecule has 7 nitrogen and oxygen atoms in total. The predicted octanol–water partition coefficient (Wildman–Crippen LogP) is 2.26. The Balaban J connectivity index is 1.40. The summed E-state index contributed by atoms with van der Waals surface area (Å²) >= 11 is 0. The molecular weight excluding hydrogens is 352 g/mol. The maximum atomic E-state index is 12.8. The summed E-state index contributed by atoms with van der Waals surface area (Å²) in [7, 11) is 2.03. The number of hydrogen-bond donors (Lipinski definition) is 0. The fraction of sp³-hybridized carbons (Fsp3) is 0.476. The van der Waals surface area contributed by atoms with E-state index in [-0.39, 0.29) is 5.91 Å². The monoisotopic (exact) mass is 378 g/mol. The molecule has 0 bridgehead atoms. The van der Waals surface area contributed by atoms with E-state index >= 15 is 0 Å². The zero-order valence-electron chi connectivity index (χ0n) is 16.3. The Morgan fingerprint density at radius 2 is 1.89 bits per heavy atom. The standard InChI is InChI=1S/C21H26N6O/c1-24-19-8-3-2-7-17(19)22-21(24)18-13-16-14-26(11-6-12-27(16)23-18)20(28)15-25-9-4-5-10-25/h2-3,7-8,13H,4-6,9-12,14-15H2,1H3. The third kappa shape index (κ3) is 3.09. The zero-order chi connectivity index (χ0) is 19.1. The summed E-state index contributed by atoms with van der Waals surface area (Å²) in [6, 6.07) is 10.2. The van der Waals surface area contributed by atoms with Crippen LogP contribution < -0.4 is 0 Å². The molecule has 1 amide bonds. The Hall–Kier alpha value is -2.67. The van der Waals surface area contributed by atoms with Gasteiger partial charge in [0.15, 0.2) is 5.82 Å². The number of fused-ring (bicyclic) bond motifs is 2. The van der Waals surface area contributed by atoms with Crippen LogP contribution in [0.3, 0.4) is 0 Å². The lowest BCUT2D eigenvalue weighted by Gasteiger charge is -2.23. The van der Waals surface area contributed by atoms with Gasteiger partial charge in [-0.3, -0.25) is 14.4 Å². The minimum Gasteiger partial charge on any atom is -0.336 e. The third-order valence-corrected chi connectivity index (χ3v) is 5.94. The van der Waals surface area contributed by atoms with Gasteiger partial charge in [-0.1, -0.05) is 12.1 Å². The van der Waals surface area contributed by atoms with Crippen LogP contribution in [0.1, 0.15) is 25.0 Å². The first kappa shape index (κ1) is 17.4. The summed E-state index contributed by atoms with van der Waals surface area (Å²) < 4.78 is 4.14. The number of carbonyl (C=O) groups is 1. The van der Waals surface area contributed by atoms with Gasteiger partial charge in [0.1, 0.15) is 5.69 Å². The maximum Gasteiger partial charge on any atom is 0.237 e. The van der Waals surface area contributed by atoms with E-state index in [1.807, 2.05) is 30.1 Å². The number of likely N-dealkylation sites (tertiary alicyclic amines) is 1. The molecule has 4 heterocycles. The second-order valence-corrected chi connectivity index (χ2v) is 7.88. The van der Waals surface area contributed by atoms with Gasteiger partial charge in [-0.15, -0.1) is 0 Å². The van der Waals surface area contributed by atoms with E-state index in [4.69, 9.17) is 10.1 Å². The van der Waals surface area contributed by atoms with E-state index in [0.717, 1.165) is 60.8 Å². The lowest BCUT2D eigenvalue weighted by atomic mass is 10.3. The summed E-state index contributed by atoms with van der Waals surface area (Å²) in [6.07, 6.45) is 3.35. The Bertz CT molecular complexity index is 1010. The van der Waals surface area contributed by atoms with Crippen LogP contribution in [0.4, 0.5) is 0 Å². The van der Waals surface area contributed by atoms with Crippen molar-refractivity contribution in [2.24, 2.45) is 7.05 Å². The highest BCUT2D eigenvalue weighted by Gasteiger charge is 2.24. The number of nitrogens with zero attached hydrogens (tertiary/aromatic N) is 6. The number of carbonyl (C=O) groups excluding carboxylic acids is 1. The normalized spacial score (nSPS) is 17.8. The number of rotatable bonds is 3. The van der Waals surface area contributed by atoms with Gasteiger partial charge in [-0.05, 0) is 50.6 Å². The van der Waals surface area contributed by atoms with Crippen molar-refractivity contribution in [3.8, 4) is 11.5 Å². The van der Waals surface area contributed by atoms with Crippen LogP contribution >= 0.6 is 0 Å². The van der Waals surface area contributed by atoms with Gasteiger partial charge in [-0.2, -0.15) is 5.10 Å². The molecule has 0 unspecified atom stereocenters. The van der Waals surface area contributed by atoms with Gasteiger partial charge in [0, 0.05) is 20.1 Å². The van der Waals surface area contributed by atoms with Crippen LogP contribution in [0.25, 0.3) is 22.6 Å². The largest absolute Gasteiger partial charge is 0.336 e. The predicted molar refractivity (Wildman–Crippen MR) is 108 cm³/mol. The van der Waals surface area contributed by atoms with Crippen LogP contribution in [0.15, 0.2) is 30.3 Å². The van der Waals surface area contributed by atoms with Gasteiger partial charge in [0.2, 0.25) is 5.91 Å². The highest BCUT2D eigenvalue weighted by Crippen LogP contribution is 2.25. The molecule has 2 aliphatic rings. The van der Waals surface area contributed by atoms with E-state index in [1.165, 1.54) is 12.8 Å². The molecular formula is C21H26N6O. The minimum absolute atomic E-state index is 0.237. The van der Waals surface area contributed by atoms with Crippen molar-refractivity contribution in [1.29, 1.82) is 0 Å². The van der Waals surface area contributed by atoms with Crippen molar-refractivity contribution < 1.29 is 4.79 Å². The van der Waals surface area contributed by atoms with Crippen molar-refractivity contribution in [2.75, 3.05) is 26.2 Å². The molecule has 1 aromatic carbocycles. The molecule has 0 saturated carbocycles. The van der Waals surface area contributed by atoms with E-state index in [2.05, 4.69) is 26.3 Å².